The number of carbonyl (C=O) groups is 2. The van der Waals surface area contributed by atoms with Crippen molar-refractivity contribution in [1.29, 1.82) is 0 Å². The van der Waals surface area contributed by atoms with Crippen LogP contribution < -0.4 is 10.6 Å². The molecule has 0 atom stereocenters. The molecule has 23 heavy (non-hydrogen) atoms. The molecular weight excluding hydrogens is 292 g/mol. The lowest BCUT2D eigenvalue weighted by Gasteiger charge is -2.20. The molecule has 0 aliphatic carbocycles. The van der Waals surface area contributed by atoms with Crippen LogP contribution in [-0.2, 0) is 6.54 Å². The average molecular weight is 312 g/mol. The van der Waals surface area contributed by atoms with Gasteiger partial charge in [-0.15, -0.1) is 0 Å². The smallest absolute Gasteiger partial charge is 0.253 e. The summed E-state index contributed by atoms with van der Waals surface area (Å²) >= 11 is 0. The van der Waals surface area contributed by atoms with Crippen LogP contribution in [0.4, 0.5) is 0 Å². The van der Waals surface area contributed by atoms with Crippen LogP contribution in [-0.4, -0.2) is 27.3 Å². The van der Waals surface area contributed by atoms with Gasteiger partial charge in [0.05, 0.1) is 23.4 Å². The normalized spacial score (nSPS) is 10.9. The van der Waals surface area contributed by atoms with Gasteiger partial charge in [0.15, 0.2) is 0 Å². The minimum absolute atomic E-state index is 0.260. The van der Waals surface area contributed by atoms with Crippen molar-refractivity contribution in [2.45, 2.75) is 32.9 Å². The van der Waals surface area contributed by atoms with Crippen molar-refractivity contribution < 1.29 is 9.59 Å². The zero-order valence-corrected chi connectivity index (χ0v) is 13.5. The van der Waals surface area contributed by atoms with Crippen LogP contribution in [0.25, 0.3) is 0 Å². The molecular formula is C17H20N4O2. The van der Waals surface area contributed by atoms with Crippen LogP contribution in [0.2, 0.25) is 0 Å². The fourth-order valence-corrected chi connectivity index (χ4v) is 1.88. The molecule has 120 valence electrons. The third-order valence-corrected chi connectivity index (χ3v) is 2.91. The van der Waals surface area contributed by atoms with Gasteiger partial charge in [0.1, 0.15) is 0 Å². The Kier molecular flexibility index (Phi) is 5.05. The van der Waals surface area contributed by atoms with Crippen molar-refractivity contribution >= 4 is 11.8 Å². The lowest BCUT2D eigenvalue weighted by atomic mass is 10.1. The molecule has 0 aliphatic heterocycles. The summed E-state index contributed by atoms with van der Waals surface area (Å²) in [5.74, 6) is -0.557. The van der Waals surface area contributed by atoms with Crippen LogP contribution in [0.1, 0.15) is 47.2 Å². The minimum atomic E-state index is -0.353. The van der Waals surface area contributed by atoms with Crippen LogP contribution in [0.3, 0.4) is 0 Å². The Morgan fingerprint density at radius 2 is 1.78 bits per heavy atom. The third kappa shape index (κ3) is 5.18. The van der Waals surface area contributed by atoms with Crippen LogP contribution >= 0.6 is 0 Å². The summed E-state index contributed by atoms with van der Waals surface area (Å²) in [7, 11) is 0. The first-order valence-electron chi connectivity index (χ1n) is 7.31. The van der Waals surface area contributed by atoms with Crippen molar-refractivity contribution in [3.05, 3.63) is 59.7 Å². The number of hydrogen-bond donors (Lipinski definition) is 2. The Bertz CT molecular complexity index is 693. The standard InChI is InChI=1S/C17H20N4O2/c1-17(2,3)21-16(23)13-8-12(9-18-10-13)15(22)20-11-14-6-4-5-7-19-14/h4-10H,11H2,1-3H3,(H,20,22)(H,21,23). The van der Waals surface area contributed by atoms with Gasteiger partial charge in [0, 0.05) is 24.1 Å². The molecule has 0 radical (unpaired) electrons. The van der Waals surface area contributed by atoms with E-state index in [0.29, 0.717) is 17.7 Å². The zero-order valence-electron chi connectivity index (χ0n) is 13.5. The second-order valence-electron chi connectivity index (χ2n) is 6.17. The second-order valence-corrected chi connectivity index (χ2v) is 6.17. The van der Waals surface area contributed by atoms with Gasteiger partial charge in [-0.05, 0) is 39.0 Å². The molecule has 0 fully saturated rings. The third-order valence-electron chi connectivity index (χ3n) is 2.91. The Hall–Kier alpha value is -2.76. The first kappa shape index (κ1) is 16.6. The first-order chi connectivity index (χ1) is 10.8. The highest BCUT2D eigenvalue weighted by Crippen LogP contribution is 2.07. The van der Waals surface area contributed by atoms with Crippen molar-refractivity contribution in [3.63, 3.8) is 0 Å². The predicted octanol–water partition coefficient (Wildman–Crippen LogP) is 1.93. The lowest BCUT2D eigenvalue weighted by molar-refractivity contribution is 0.0919. The van der Waals surface area contributed by atoms with E-state index in [0.717, 1.165) is 5.69 Å². The summed E-state index contributed by atoms with van der Waals surface area (Å²) in [4.78, 5) is 32.4. The number of aromatic nitrogens is 2. The van der Waals surface area contributed by atoms with E-state index in [4.69, 9.17) is 0 Å². The average Bonchev–Trinajstić information content (AvgIpc) is 2.52. The number of carbonyl (C=O) groups excluding carboxylic acids is 2. The van der Waals surface area contributed by atoms with Gasteiger partial charge in [-0.2, -0.15) is 0 Å². The summed E-state index contributed by atoms with van der Waals surface area (Å²) in [6, 6.07) is 7.02. The summed E-state index contributed by atoms with van der Waals surface area (Å²) in [5.41, 5.74) is 1.09. The molecule has 0 saturated heterocycles. The highest BCUT2D eigenvalue weighted by molar-refractivity contribution is 5.99. The number of nitrogens with zero attached hydrogens (tertiary/aromatic N) is 2. The first-order valence-corrected chi connectivity index (χ1v) is 7.31. The van der Waals surface area contributed by atoms with Crippen LogP contribution in [0.15, 0.2) is 42.9 Å². The molecule has 0 bridgehead atoms. The number of pyridine rings is 2. The summed E-state index contributed by atoms with van der Waals surface area (Å²) in [6.45, 7) is 5.99. The molecule has 2 aromatic heterocycles. The minimum Gasteiger partial charge on any atom is -0.347 e. The predicted molar refractivity (Wildman–Crippen MR) is 86.9 cm³/mol. The van der Waals surface area contributed by atoms with Gasteiger partial charge in [0.2, 0.25) is 0 Å². The topological polar surface area (TPSA) is 84.0 Å². The molecule has 2 N–H and O–H groups in total. The van der Waals surface area contributed by atoms with Crippen molar-refractivity contribution in [2.75, 3.05) is 0 Å². The van der Waals surface area contributed by atoms with E-state index >= 15 is 0 Å². The van der Waals surface area contributed by atoms with E-state index < -0.39 is 0 Å². The molecule has 0 saturated carbocycles. The van der Waals surface area contributed by atoms with Crippen molar-refractivity contribution in [3.8, 4) is 0 Å². The Morgan fingerprint density at radius 1 is 1.09 bits per heavy atom. The van der Waals surface area contributed by atoms with Crippen molar-refractivity contribution in [2.24, 2.45) is 0 Å². The maximum absolute atomic E-state index is 12.2. The molecule has 0 aromatic carbocycles. The molecule has 2 rings (SSSR count). The summed E-state index contributed by atoms with van der Waals surface area (Å²) in [6.07, 6.45) is 4.54. The lowest BCUT2D eigenvalue weighted by Crippen LogP contribution is -2.40. The number of hydrogen-bond acceptors (Lipinski definition) is 4. The SMILES string of the molecule is CC(C)(C)NC(=O)c1cncc(C(=O)NCc2ccccn2)c1. The number of nitrogens with one attached hydrogen (secondary N) is 2. The Labute approximate surface area is 135 Å². The monoisotopic (exact) mass is 312 g/mol. The Balaban J connectivity index is 2.04. The molecule has 6 heteroatoms. The van der Waals surface area contributed by atoms with Crippen molar-refractivity contribution in [1.82, 2.24) is 20.6 Å². The zero-order chi connectivity index (χ0) is 16.9. The van der Waals surface area contributed by atoms with E-state index in [1.54, 1.807) is 6.20 Å². The van der Waals surface area contributed by atoms with Gasteiger partial charge in [-0.25, -0.2) is 0 Å². The molecule has 0 aliphatic rings. The molecule has 6 nitrogen and oxygen atoms in total. The van der Waals surface area contributed by atoms with Gasteiger partial charge in [-0.1, -0.05) is 6.07 Å². The van der Waals surface area contributed by atoms with Gasteiger partial charge in [0.25, 0.3) is 11.8 Å². The quantitative estimate of drug-likeness (QED) is 0.903. The summed E-state index contributed by atoms with van der Waals surface area (Å²) in [5, 5.41) is 5.60. The van der Waals surface area contributed by atoms with E-state index in [1.165, 1.54) is 18.5 Å². The largest absolute Gasteiger partial charge is 0.347 e. The number of rotatable bonds is 4. The molecule has 2 aromatic rings. The van der Waals surface area contributed by atoms with Gasteiger partial charge in [-0.3, -0.25) is 19.6 Å². The summed E-state index contributed by atoms with van der Waals surface area (Å²) < 4.78 is 0. The van der Waals surface area contributed by atoms with E-state index in [9.17, 15) is 9.59 Å². The molecule has 2 heterocycles. The van der Waals surface area contributed by atoms with Crippen LogP contribution in [0.5, 0.6) is 0 Å². The molecule has 0 unspecified atom stereocenters. The van der Waals surface area contributed by atoms with Gasteiger partial charge >= 0.3 is 0 Å². The second kappa shape index (κ2) is 7.00. The maximum Gasteiger partial charge on any atom is 0.253 e. The Morgan fingerprint density at radius 3 is 2.39 bits per heavy atom. The number of amides is 2. The molecule has 2 amide bonds. The highest BCUT2D eigenvalue weighted by atomic mass is 16.2. The maximum atomic E-state index is 12.2. The fraction of sp³-hybridized carbons (Fsp3) is 0.294. The fourth-order valence-electron chi connectivity index (χ4n) is 1.88. The highest BCUT2D eigenvalue weighted by Gasteiger charge is 2.17. The van der Waals surface area contributed by atoms with E-state index in [2.05, 4.69) is 20.6 Å². The molecule has 0 spiro atoms. The van der Waals surface area contributed by atoms with Crippen LogP contribution in [0, 0.1) is 0 Å². The van der Waals surface area contributed by atoms with Gasteiger partial charge < -0.3 is 10.6 Å². The van der Waals surface area contributed by atoms with E-state index in [-0.39, 0.29) is 17.4 Å². The van der Waals surface area contributed by atoms with E-state index in [1.807, 2.05) is 39.0 Å².